The van der Waals surface area contributed by atoms with E-state index >= 15 is 0 Å². The number of anilines is 3. The number of fused-ring (bicyclic) bond motifs is 2. The summed E-state index contributed by atoms with van der Waals surface area (Å²) in [6.07, 6.45) is 3.45. The molecule has 0 atom stereocenters. The molecule has 0 aliphatic heterocycles. The van der Waals surface area contributed by atoms with Crippen LogP contribution in [0, 0.1) is 0 Å². The van der Waals surface area contributed by atoms with Crippen molar-refractivity contribution in [2.45, 2.75) is 0 Å². The number of aryl methyl sites for hydroxylation is 2. The number of ether oxygens (including phenoxy) is 2. The number of nitrogens with one attached hydrogen (secondary N) is 2. The van der Waals surface area contributed by atoms with Crippen molar-refractivity contribution >= 4 is 51.3 Å². The number of hydrogen-bond donors (Lipinski definition) is 3. The summed E-state index contributed by atoms with van der Waals surface area (Å²) in [4.78, 5) is 17.3. The van der Waals surface area contributed by atoms with Crippen molar-refractivity contribution in [2.75, 3.05) is 56.9 Å². The average molecular weight is 540 g/mol. The molecule has 38 heavy (non-hydrogen) atoms. The highest BCUT2D eigenvalue weighted by molar-refractivity contribution is 6.34. The van der Waals surface area contributed by atoms with Gasteiger partial charge in [-0.1, -0.05) is 23.7 Å². The molecule has 5 aromatic rings. The normalized spacial score (nSPS) is 11.0. The Morgan fingerprint density at radius 3 is 1.92 bits per heavy atom. The van der Waals surface area contributed by atoms with Gasteiger partial charge in [0.15, 0.2) is 16.4 Å². The summed E-state index contributed by atoms with van der Waals surface area (Å²) in [7, 11) is 6.97. The van der Waals surface area contributed by atoms with E-state index in [0.29, 0.717) is 49.0 Å². The Labute approximate surface area is 224 Å². The molecule has 13 nitrogen and oxygen atoms in total. The van der Waals surface area contributed by atoms with Crippen molar-refractivity contribution < 1.29 is 9.47 Å². The van der Waals surface area contributed by atoms with Crippen molar-refractivity contribution in [2.24, 2.45) is 14.1 Å². The van der Waals surface area contributed by atoms with Crippen LogP contribution in [0.1, 0.15) is 0 Å². The summed E-state index contributed by atoms with van der Waals surface area (Å²) < 4.78 is 13.3. The molecule has 4 N–H and O–H groups in total. The fourth-order valence-electron chi connectivity index (χ4n) is 3.59. The van der Waals surface area contributed by atoms with Gasteiger partial charge in [-0.3, -0.25) is 0 Å². The lowest BCUT2D eigenvalue weighted by Crippen LogP contribution is -2.10. The molecule has 0 spiro atoms. The molecule has 0 fully saturated rings. The van der Waals surface area contributed by atoms with Crippen LogP contribution in [-0.4, -0.2) is 80.0 Å². The summed E-state index contributed by atoms with van der Waals surface area (Å²) in [5, 5.41) is 16.8. The van der Waals surface area contributed by atoms with Gasteiger partial charge >= 0.3 is 0 Å². The minimum Gasteiger partial charge on any atom is -0.399 e. The first kappa shape index (κ1) is 27.0. The average Bonchev–Trinajstić information content (AvgIpc) is 3.40. The molecule has 0 aliphatic rings. The molecule has 0 saturated carbocycles. The van der Waals surface area contributed by atoms with E-state index in [0.717, 1.165) is 33.4 Å². The third-order valence-electron chi connectivity index (χ3n) is 5.48. The number of aromatic nitrogens is 8. The van der Waals surface area contributed by atoms with Gasteiger partial charge in [0.1, 0.15) is 5.69 Å². The number of nitrogens with zero attached hydrogens (tertiary/aromatic N) is 8. The molecule has 4 aromatic heterocycles. The summed E-state index contributed by atoms with van der Waals surface area (Å²) in [6, 6.07) is 7.61. The quantitative estimate of drug-likeness (QED) is 0.187. The highest BCUT2D eigenvalue weighted by atomic mass is 35.5. The number of rotatable bonds is 9. The molecule has 0 amide bonds. The van der Waals surface area contributed by atoms with Crippen LogP contribution in [0.4, 0.5) is 17.6 Å². The van der Waals surface area contributed by atoms with Crippen molar-refractivity contribution in [1.82, 2.24) is 39.5 Å². The SMILES string of the molecule is COCCNc1ncc2c(-c3ccc(N)cc3)nn(C)c2n1.COCCNc1ncc2c(Cl)nn(C)c2n1. The zero-order chi connectivity index (χ0) is 27.1. The van der Waals surface area contributed by atoms with Crippen LogP contribution in [0.2, 0.25) is 5.15 Å². The summed E-state index contributed by atoms with van der Waals surface area (Å²) in [5.74, 6) is 1.11. The third kappa shape index (κ3) is 6.25. The van der Waals surface area contributed by atoms with Gasteiger partial charge in [-0.25, -0.2) is 19.3 Å². The molecule has 0 saturated heterocycles. The van der Waals surface area contributed by atoms with Crippen molar-refractivity contribution in [3.8, 4) is 11.3 Å². The number of hydrogen-bond acceptors (Lipinski definition) is 11. The molecule has 1 aromatic carbocycles. The smallest absolute Gasteiger partial charge is 0.224 e. The van der Waals surface area contributed by atoms with Gasteiger partial charge in [-0.15, -0.1) is 0 Å². The predicted molar refractivity (Wildman–Crippen MR) is 148 cm³/mol. The number of nitrogen functional groups attached to an aromatic ring is 1. The van der Waals surface area contributed by atoms with Gasteiger partial charge in [0.2, 0.25) is 11.9 Å². The van der Waals surface area contributed by atoms with E-state index in [2.05, 4.69) is 40.8 Å². The zero-order valence-electron chi connectivity index (χ0n) is 21.6. The highest BCUT2D eigenvalue weighted by Gasteiger charge is 2.13. The topological polar surface area (TPSA) is 156 Å². The van der Waals surface area contributed by atoms with Crippen LogP contribution in [0.3, 0.4) is 0 Å². The van der Waals surface area contributed by atoms with Crippen molar-refractivity contribution in [3.05, 3.63) is 41.8 Å². The van der Waals surface area contributed by atoms with E-state index in [1.165, 1.54) is 0 Å². The maximum Gasteiger partial charge on any atom is 0.224 e. The van der Waals surface area contributed by atoms with E-state index in [1.54, 1.807) is 43.0 Å². The second kappa shape index (κ2) is 12.4. The minimum absolute atomic E-state index is 0.418. The fourth-order valence-corrected chi connectivity index (χ4v) is 3.84. The Kier molecular flexibility index (Phi) is 8.84. The van der Waals surface area contributed by atoms with E-state index in [1.807, 2.05) is 31.3 Å². The molecule has 0 unspecified atom stereocenters. The van der Waals surface area contributed by atoms with Gasteiger partial charge in [0, 0.05) is 65.0 Å². The van der Waals surface area contributed by atoms with E-state index in [-0.39, 0.29) is 0 Å². The first-order valence-corrected chi connectivity index (χ1v) is 12.2. The maximum absolute atomic E-state index is 5.90. The Morgan fingerprint density at radius 2 is 1.34 bits per heavy atom. The lowest BCUT2D eigenvalue weighted by atomic mass is 10.1. The van der Waals surface area contributed by atoms with Gasteiger partial charge < -0.3 is 25.8 Å². The van der Waals surface area contributed by atoms with Crippen LogP contribution >= 0.6 is 11.6 Å². The molecule has 200 valence electrons. The summed E-state index contributed by atoms with van der Waals surface area (Å²) >= 11 is 5.90. The van der Waals surface area contributed by atoms with E-state index in [9.17, 15) is 0 Å². The lowest BCUT2D eigenvalue weighted by Gasteiger charge is -2.03. The Bertz CT molecular complexity index is 1500. The molecule has 0 radical (unpaired) electrons. The second-order valence-electron chi connectivity index (χ2n) is 8.21. The Hall–Kier alpha value is -4.07. The minimum atomic E-state index is 0.418. The number of halogens is 1. The van der Waals surface area contributed by atoms with E-state index in [4.69, 9.17) is 26.8 Å². The van der Waals surface area contributed by atoms with Crippen LogP contribution in [0.25, 0.3) is 33.3 Å². The van der Waals surface area contributed by atoms with Crippen LogP contribution in [0.5, 0.6) is 0 Å². The van der Waals surface area contributed by atoms with Crippen LogP contribution in [0.15, 0.2) is 36.7 Å². The molecule has 4 heterocycles. The monoisotopic (exact) mass is 539 g/mol. The van der Waals surface area contributed by atoms with Crippen LogP contribution < -0.4 is 16.4 Å². The maximum atomic E-state index is 5.90. The first-order chi connectivity index (χ1) is 18.4. The molecule has 0 bridgehead atoms. The van der Waals surface area contributed by atoms with Gasteiger partial charge in [-0.05, 0) is 12.1 Å². The largest absolute Gasteiger partial charge is 0.399 e. The van der Waals surface area contributed by atoms with Gasteiger partial charge in [0.25, 0.3) is 0 Å². The summed E-state index contributed by atoms with van der Waals surface area (Å²) in [6.45, 7) is 2.52. The number of benzene rings is 1. The Morgan fingerprint density at radius 1 is 0.816 bits per heavy atom. The molecule has 5 rings (SSSR count). The molecule has 14 heteroatoms. The molecule has 0 aliphatic carbocycles. The lowest BCUT2D eigenvalue weighted by molar-refractivity contribution is 0.210. The first-order valence-electron chi connectivity index (χ1n) is 11.8. The van der Waals surface area contributed by atoms with Gasteiger partial charge in [0.05, 0.1) is 24.0 Å². The number of nitrogens with two attached hydrogens (primary N) is 1. The van der Waals surface area contributed by atoms with Gasteiger partial charge in [-0.2, -0.15) is 20.2 Å². The van der Waals surface area contributed by atoms with Crippen molar-refractivity contribution in [3.63, 3.8) is 0 Å². The van der Waals surface area contributed by atoms with Crippen molar-refractivity contribution in [1.29, 1.82) is 0 Å². The fraction of sp³-hybridized carbons (Fsp3) is 0.333. The van der Waals surface area contributed by atoms with Crippen LogP contribution in [-0.2, 0) is 23.6 Å². The zero-order valence-corrected chi connectivity index (χ0v) is 22.4. The molecular formula is C24H30ClN11O2. The molecular weight excluding hydrogens is 510 g/mol. The Balaban J connectivity index is 0.000000186. The predicted octanol–water partition coefficient (Wildman–Crippen LogP) is 2.75. The standard InChI is InChI=1S/C15H18N6O.C9H12ClN5O/c1-21-14-12(9-18-15(19-14)17-7-8-22-2)13(20-21)10-3-5-11(16)6-4-10;1-15-8-6(7(10)14-15)5-12-9(13-8)11-3-4-16-2/h3-6,9H,7-8,16H2,1-2H3,(H,17,18,19);5H,3-4H2,1-2H3,(H,11,12,13). The summed E-state index contributed by atoms with van der Waals surface area (Å²) in [5.41, 5.74) is 9.78. The second-order valence-corrected chi connectivity index (χ2v) is 8.57. The van der Waals surface area contributed by atoms with E-state index < -0.39 is 0 Å². The number of methoxy groups -OCH3 is 2. The third-order valence-corrected chi connectivity index (χ3v) is 5.76. The highest BCUT2D eigenvalue weighted by Crippen LogP contribution is 2.27.